The van der Waals surface area contributed by atoms with E-state index in [9.17, 15) is 9.59 Å². The van der Waals surface area contributed by atoms with E-state index in [4.69, 9.17) is 8.94 Å². The van der Waals surface area contributed by atoms with Crippen molar-refractivity contribution >= 4 is 11.8 Å². The first kappa shape index (κ1) is 57.1. The Bertz CT molecular complexity index is 1650. The normalized spacial score (nSPS) is 12.3. The Kier molecular flexibility index (Phi) is 26.4. The molecule has 0 saturated heterocycles. The van der Waals surface area contributed by atoms with E-state index >= 15 is 0 Å². The molecule has 0 radical (unpaired) electrons. The highest BCUT2D eigenvalue weighted by Crippen LogP contribution is 2.25. The summed E-state index contributed by atoms with van der Waals surface area (Å²) in [6.07, 6.45) is 8.81. The van der Waals surface area contributed by atoms with Crippen molar-refractivity contribution in [3.8, 4) is 0 Å². The summed E-state index contributed by atoms with van der Waals surface area (Å²) in [6.45, 7) is 40.6. The van der Waals surface area contributed by atoms with Gasteiger partial charge in [0.15, 0.2) is 0 Å². The molecule has 0 unspecified atom stereocenters. The lowest BCUT2D eigenvalue weighted by atomic mass is 9.93. The van der Waals surface area contributed by atoms with E-state index in [1.165, 1.54) is 0 Å². The van der Waals surface area contributed by atoms with Crippen LogP contribution >= 0.6 is 0 Å². The van der Waals surface area contributed by atoms with E-state index < -0.39 is 0 Å². The third-order valence-corrected chi connectivity index (χ3v) is 8.46. The van der Waals surface area contributed by atoms with E-state index in [0.717, 1.165) is 40.4 Å². The van der Waals surface area contributed by atoms with Gasteiger partial charge in [0.2, 0.25) is 0 Å². The van der Waals surface area contributed by atoms with Gasteiger partial charge in [-0.25, -0.2) is 0 Å². The molecule has 0 spiro atoms. The van der Waals surface area contributed by atoms with E-state index in [-0.39, 0.29) is 41.7 Å². The van der Waals surface area contributed by atoms with Gasteiger partial charge in [0, 0.05) is 59.7 Å². The Morgan fingerprint density at radius 2 is 1.17 bits per heavy atom. The smallest absolute Gasteiger partial charge is 0.256 e. The second-order valence-corrected chi connectivity index (χ2v) is 16.7. The molecule has 1 aromatic carbocycles. The van der Waals surface area contributed by atoms with Gasteiger partial charge >= 0.3 is 0 Å². The SMILES string of the molecule is C.CC.CC.CC.CC(C)(C)c1ccco1.CC(C)(C)c1ccon1.CC(C)(C)n1cccn1.CC(C)N1Cc2ccccc2C1=O.CC(C)N1Cc2ncccc2C1=O. The Balaban J connectivity index is 0. The van der Waals surface area contributed by atoms with Crippen molar-refractivity contribution in [2.45, 2.75) is 181 Å². The predicted molar refractivity (Wildman–Crippen MR) is 251 cm³/mol. The van der Waals surface area contributed by atoms with E-state index in [1.54, 1.807) is 31.0 Å². The highest BCUT2D eigenvalue weighted by atomic mass is 16.5. The molecule has 0 atom stereocenters. The van der Waals surface area contributed by atoms with Crippen LogP contribution in [-0.4, -0.2) is 53.6 Å². The molecule has 2 amide bonds. The number of pyridine rings is 1. The van der Waals surface area contributed by atoms with Crippen molar-refractivity contribution in [1.29, 1.82) is 0 Å². The number of rotatable bonds is 2. The van der Waals surface area contributed by atoms with Crippen molar-refractivity contribution in [2.24, 2.45) is 0 Å². The van der Waals surface area contributed by atoms with Crippen molar-refractivity contribution < 1.29 is 18.5 Å². The summed E-state index contributed by atoms with van der Waals surface area (Å²) in [6, 6.07) is 19.8. The number of hydrogen-bond donors (Lipinski definition) is 0. The fourth-order valence-electron chi connectivity index (χ4n) is 5.23. The molecular weight excluding hydrogens is 749 g/mol. The van der Waals surface area contributed by atoms with Gasteiger partial charge in [-0.15, -0.1) is 0 Å². The van der Waals surface area contributed by atoms with Crippen LogP contribution in [0.5, 0.6) is 0 Å². The van der Waals surface area contributed by atoms with Crippen LogP contribution in [0.1, 0.15) is 182 Å². The summed E-state index contributed by atoms with van der Waals surface area (Å²) in [5.41, 5.74) is 5.09. The zero-order chi connectivity index (χ0) is 45.6. The van der Waals surface area contributed by atoms with Gasteiger partial charge in [0.1, 0.15) is 12.0 Å². The van der Waals surface area contributed by atoms with Crippen LogP contribution < -0.4 is 0 Å². The Morgan fingerprint density at radius 3 is 1.53 bits per heavy atom. The fraction of sp³-hybridized carbons (Fsp3) is 0.540. The minimum absolute atomic E-state index is 0. The first-order valence-corrected chi connectivity index (χ1v) is 21.3. The average Bonchev–Trinajstić information content (AvgIpc) is 4.05. The van der Waals surface area contributed by atoms with Gasteiger partial charge in [0.25, 0.3) is 11.8 Å². The van der Waals surface area contributed by atoms with Gasteiger partial charge < -0.3 is 18.7 Å². The van der Waals surface area contributed by atoms with Crippen molar-refractivity contribution in [1.82, 2.24) is 29.7 Å². The highest BCUT2D eigenvalue weighted by Gasteiger charge is 2.30. The minimum Gasteiger partial charge on any atom is -0.469 e. The Morgan fingerprint density at radius 1 is 0.617 bits per heavy atom. The molecule has 0 N–H and O–H groups in total. The standard InChI is InChI=1S/C11H13NO.C10H12N2O.C8H12O.C7H12N2.C7H11NO.3C2H6.CH4/c1-8(2)12-7-9-5-3-4-6-10(9)11(12)13;1-7(2)12-6-9-8(10(12)13)4-3-5-11-9;1-8(2,3)7-5-4-6-9-7;1-7(2,3)9-6-4-5-8-9;1-7(2,3)6-4-5-9-8-6;3*1-2;/h3-6,8H,7H2,1-2H3;3-5,7H,6H2,1-2H3;2*4-6H,1-3H3;4-5H,1-3H3;3*1-2H3;1H4. The third-order valence-electron chi connectivity index (χ3n) is 8.46. The molecule has 4 aromatic heterocycles. The summed E-state index contributed by atoms with van der Waals surface area (Å²) in [5.74, 6) is 1.33. The second kappa shape index (κ2) is 27.7. The number of amides is 2. The summed E-state index contributed by atoms with van der Waals surface area (Å²) in [4.78, 5) is 31.4. The lowest BCUT2D eigenvalue weighted by molar-refractivity contribution is 0.0722. The third kappa shape index (κ3) is 18.5. The number of benzene rings is 1. The summed E-state index contributed by atoms with van der Waals surface area (Å²) < 4.78 is 11.8. The molecule has 0 aliphatic carbocycles. The van der Waals surface area contributed by atoms with E-state index in [0.29, 0.717) is 12.6 Å². The minimum atomic E-state index is 0. The van der Waals surface area contributed by atoms with Gasteiger partial charge in [-0.3, -0.25) is 19.3 Å². The molecule has 7 rings (SSSR count). The first-order valence-electron chi connectivity index (χ1n) is 21.3. The van der Waals surface area contributed by atoms with Crippen LogP contribution in [0.3, 0.4) is 0 Å². The number of carbonyl (C=O) groups excluding carboxylic acids is 2. The van der Waals surface area contributed by atoms with Crippen LogP contribution in [0.15, 0.2) is 101 Å². The Hall–Kier alpha value is -4.99. The number of nitrogens with zero attached hydrogens (tertiary/aromatic N) is 6. The van der Waals surface area contributed by atoms with E-state index in [1.807, 2.05) is 145 Å². The molecule has 2 aliphatic heterocycles. The zero-order valence-corrected chi connectivity index (χ0v) is 40.0. The molecule has 2 aliphatic rings. The van der Waals surface area contributed by atoms with Gasteiger partial charge in [0.05, 0.1) is 35.3 Å². The van der Waals surface area contributed by atoms with Crippen LogP contribution in [0.4, 0.5) is 0 Å². The van der Waals surface area contributed by atoms with Crippen LogP contribution in [0.25, 0.3) is 0 Å². The number of furan rings is 1. The van der Waals surface area contributed by atoms with Gasteiger partial charge in [-0.1, -0.05) is 114 Å². The summed E-state index contributed by atoms with van der Waals surface area (Å²) in [5, 5.41) is 7.92. The topological polar surface area (TPSA) is 110 Å². The maximum Gasteiger partial charge on any atom is 0.256 e. The van der Waals surface area contributed by atoms with Crippen LogP contribution in [0.2, 0.25) is 0 Å². The highest BCUT2D eigenvalue weighted by molar-refractivity contribution is 5.98. The molecular formula is C50H82N6O4. The van der Waals surface area contributed by atoms with Gasteiger partial charge in [-0.05, 0) is 90.4 Å². The van der Waals surface area contributed by atoms with Crippen molar-refractivity contribution in [3.05, 3.63) is 126 Å². The van der Waals surface area contributed by atoms with Crippen molar-refractivity contribution in [3.63, 3.8) is 0 Å². The monoisotopic (exact) mass is 831 g/mol. The molecule has 0 bridgehead atoms. The largest absolute Gasteiger partial charge is 0.469 e. The second-order valence-electron chi connectivity index (χ2n) is 16.7. The fourth-order valence-corrected chi connectivity index (χ4v) is 5.23. The lowest BCUT2D eigenvalue weighted by Gasteiger charge is -2.19. The average molecular weight is 831 g/mol. The first-order chi connectivity index (χ1) is 27.7. The molecule has 10 heteroatoms. The quantitative estimate of drug-likeness (QED) is 0.174. The maximum absolute atomic E-state index is 11.8. The number of fused-ring (bicyclic) bond motifs is 2. The molecule has 0 fully saturated rings. The molecule has 0 saturated carbocycles. The number of aromatic nitrogens is 4. The molecule has 10 nitrogen and oxygen atoms in total. The van der Waals surface area contributed by atoms with Gasteiger partial charge in [-0.2, -0.15) is 5.10 Å². The lowest BCUT2D eigenvalue weighted by Crippen LogP contribution is -2.30. The Labute approximate surface area is 365 Å². The van der Waals surface area contributed by atoms with E-state index in [2.05, 4.69) is 77.6 Å². The zero-order valence-electron chi connectivity index (χ0n) is 40.0. The van der Waals surface area contributed by atoms with Crippen LogP contribution in [0, 0.1) is 0 Å². The maximum atomic E-state index is 11.8. The summed E-state index contributed by atoms with van der Waals surface area (Å²) in [7, 11) is 0. The van der Waals surface area contributed by atoms with Crippen LogP contribution in [-0.2, 0) is 29.5 Å². The molecule has 336 valence electrons. The molecule has 5 aromatic rings. The predicted octanol–water partition coefficient (Wildman–Crippen LogP) is 13.4. The molecule has 6 heterocycles. The number of hydrogen-bond acceptors (Lipinski definition) is 7. The number of carbonyl (C=O) groups is 2. The molecule has 60 heavy (non-hydrogen) atoms. The summed E-state index contributed by atoms with van der Waals surface area (Å²) >= 11 is 0. The van der Waals surface area contributed by atoms with Crippen molar-refractivity contribution in [2.75, 3.05) is 0 Å².